The smallest absolute Gasteiger partial charge is 0.343 e. The molecule has 0 aromatic carbocycles. The summed E-state index contributed by atoms with van der Waals surface area (Å²) in [5.74, 6) is -5.15. The van der Waals surface area contributed by atoms with E-state index < -0.39 is 94.0 Å². The van der Waals surface area contributed by atoms with Crippen LogP contribution in [0.4, 0.5) is 0 Å². The largest absolute Gasteiger partial charge is 0.456 e. The second-order valence-corrected chi connectivity index (χ2v) is 10.8. The van der Waals surface area contributed by atoms with Crippen molar-refractivity contribution in [1.29, 1.82) is 0 Å². The van der Waals surface area contributed by atoms with E-state index in [1.54, 1.807) is 20.8 Å². The van der Waals surface area contributed by atoms with Gasteiger partial charge in [-0.2, -0.15) is 0 Å². The maximum atomic E-state index is 13.4. The Morgan fingerprint density at radius 2 is 1.58 bits per heavy atom. The molecule has 2 bridgehead atoms. The lowest BCUT2D eigenvalue weighted by atomic mass is 9.50. The molecule has 0 aromatic heterocycles. The van der Waals surface area contributed by atoms with Crippen LogP contribution in [0.1, 0.15) is 27.7 Å². The number of aliphatic hydroxyl groups excluding tert-OH is 3. The van der Waals surface area contributed by atoms with Crippen molar-refractivity contribution in [3.8, 4) is 0 Å². The van der Waals surface area contributed by atoms with Crippen molar-refractivity contribution >= 4 is 17.9 Å². The van der Waals surface area contributed by atoms with Crippen molar-refractivity contribution in [3.05, 3.63) is 0 Å². The highest BCUT2D eigenvalue weighted by molar-refractivity contribution is 5.94. The van der Waals surface area contributed by atoms with Crippen molar-refractivity contribution in [2.24, 2.45) is 28.1 Å². The van der Waals surface area contributed by atoms with Crippen LogP contribution >= 0.6 is 0 Å². The lowest BCUT2D eigenvalue weighted by Gasteiger charge is -2.52. The van der Waals surface area contributed by atoms with E-state index in [0.29, 0.717) is 0 Å². The van der Waals surface area contributed by atoms with Crippen LogP contribution in [0.15, 0.2) is 0 Å². The third-order valence-electron chi connectivity index (χ3n) is 8.98. The monoisotopic (exact) mass is 440 g/mol. The van der Waals surface area contributed by atoms with Crippen molar-refractivity contribution in [1.82, 2.24) is 0 Å². The fraction of sp³-hybridized carbons (Fsp3) is 0.850. The van der Waals surface area contributed by atoms with Gasteiger partial charge in [0.05, 0.1) is 16.7 Å². The fourth-order valence-electron chi connectivity index (χ4n) is 8.29. The van der Waals surface area contributed by atoms with Crippen LogP contribution in [0.25, 0.3) is 0 Å². The highest BCUT2D eigenvalue weighted by atomic mass is 16.7. The third kappa shape index (κ3) is 1.43. The average Bonchev–Trinajstić information content (AvgIpc) is 3.28. The highest BCUT2D eigenvalue weighted by Crippen LogP contribution is 2.84. The molecular formula is C20H24O11. The molecule has 0 radical (unpaired) electrons. The van der Waals surface area contributed by atoms with E-state index >= 15 is 0 Å². The quantitative estimate of drug-likeness (QED) is 0.234. The van der Waals surface area contributed by atoms with Gasteiger partial charge in [-0.1, -0.05) is 20.8 Å². The van der Waals surface area contributed by atoms with Crippen LogP contribution in [0.3, 0.4) is 0 Å². The van der Waals surface area contributed by atoms with Gasteiger partial charge in [0, 0.05) is 5.92 Å². The van der Waals surface area contributed by atoms with E-state index in [4.69, 9.17) is 18.9 Å². The summed E-state index contributed by atoms with van der Waals surface area (Å²) < 4.78 is 22.3. The van der Waals surface area contributed by atoms with Crippen LogP contribution in [0.2, 0.25) is 0 Å². The van der Waals surface area contributed by atoms with Crippen LogP contribution in [0.5, 0.6) is 0 Å². The number of fused-ring (bicyclic) bond motifs is 3. The van der Waals surface area contributed by atoms with Gasteiger partial charge < -0.3 is 39.4 Å². The van der Waals surface area contributed by atoms with Gasteiger partial charge in [-0.05, 0) is 12.3 Å². The van der Waals surface area contributed by atoms with E-state index in [2.05, 4.69) is 0 Å². The molecule has 4 saturated heterocycles. The minimum absolute atomic E-state index is 0.736. The summed E-state index contributed by atoms with van der Waals surface area (Å²) in [5, 5.41) is 46.0. The Labute approximate surface area is 176 Å². The zero-order valence-corrected chi connectivity index (χ0v) is 17.3. The summed E-state index contributed by atoms with van der Waals surface area (Å²) >= 11 is 0. The molecule has 170 valence electrons. The molecule has 31 heavy (non-hydrogen) atoms. The van der Waals surface area contributed by atoms with E-state index in [0.717, 1.165) is 0 Å². The second kappa shape index (κ2) is 4.91. The summed E-state index contributed by atoms with van der Waals surface area (Å²) in [6, 6.07) is 0. The van der Waals surface area contributed by atoms with E-state index in [1.165, 1.54) is 6.92 Å². The maximum Gasteiger partial charge on any atom is 0.343 e. The zero-order valence-electron chi connectivity index (χ0n) is 17.3. The molecule has 11 nitrogen and oxygen atoms in total. The zero-order chi connectivity index (χ0) is 22.7. The summed E-state index contributed by atoms with van der Waals surface area (Å²) in [6.07, 6.45) is -9.77. The summed E-state index contributed by atoms with van der Waals surface area (Å²) in [7, 11) is 0. The van der Waals surface area contributed by atoms with Crippen LogP contribution in [0, 0.1) is 28.1 Å². The predicted octanol–water partition coefficient (Wildman–Crippen LogP) is -2.40. The van der Waals surface area contributed by atoms with E-state index in [-0.39, 0.29) is 0 Å². The van der Waals surface area contributed by atoms with Crippen molar-refractivity contribution in [2.75, 3.05) is 0 Å². The summed E-state index contributed by atoms with van der Waals surface area (Å²) in [4.78, 5) is 38.4. The van der Waals surface area contributed by atoms with Gasteiger partial charge in [-0.15, -0.1) is 0 Å². The Morgan fingerprint density at radius 3 is 2.19 bits per heavy atom. The Balaban J connectivity index is 1.75. The number of esters is 3. The number of hydrogen-bond acceptors (Lipinski definition) is 11. The first kappa shape index (κ1) is 19.9. The van der Waals surface area contributed by atoms with Gasteiger partial charge >= 0.3 is 17.9 Å². The van der Waals surface area contributed by atoms with Gasteiger partial charge in [0.1, 0.15) is 12.2 Å². The second-order valence-electron chi connectivity index (χ2n) is 10.8. The van der Waals surface area contributed by atoms with Crippen molar-refractivity contribution in [3.63, 3.8) is 0 Å². The molecule has 6 rings (SSSR count). The van der Waals surface area contributed by atoms with Crippen molar-refractivity contribution < 1.29 is 53.8 Å². The molecule has 4 aliphatic heterocycles. The minimum Gasteiger partial charge on any atom is -0.456 e. The minimum atomic E-state index is -2.45. The normalized spacial score (nSPS) is 61.0. The Hall–Kier alpha value is -1.79. The topological polar surface area (TPSA) is 169 Å². The van der Waals surface area contributed by atoms with Gasteiger partial charge in [0.25, 0.3) is 0 Å². The van der Waals surface area contributed by atoms with Crippen LogP contribution in [-0.4, -0.2) is 86.3 Å². The standard InChI is InChI=1S/C20H24O11/c1-5-12(23)29-11-8(21)18-10-6-7(16(2,3)4)17(18,9(22)13(24)28-6)14(25)31-20(18,15(26)30-10)19(5,11)27/h5-11,14,21-22,25,27H,1-4H3/t5-,6?,7+,8+,9+,10?,11+,14+,17?,18?,19-,20?/m1/s1. The Kier molecular flexibility index (Phi) is 3.15. The number of carbonyl (C=O) groups excluding carboxylic acids is 3. The molecule has 2 saturated carbocycles. The lowest BCUT2D eigenvalue weighted by molar-refractivity contribution is -0.265. The highest BCUT2D eigenvalue weighted by Gasteiger charge is 3.04. The predicted molar refractivity (Wildman–Crippen MR) is 93.4 cm³/mol. The number of ether oxygens (including phenoxy) is 4. The molecule has 11 heteroatoms. The van der Waals surface area contributed by atoms with Gasteiger partial charge in [-0.3, -0.25) is 4.79 Å². The summed E-state index contributed by atoms with van der Waals surface area (Å²) in [6.45, 7) is 6.71. The molecule has 2 spiro atoms. The molecule has 5 unspecified atom stereocenters. The SMILES string of the molecule is C[C@@H]1C(=O)O[C@H]2[C@H](O)C34C5OC(=O)C3(O[C@H](O)C43[C@@H](O)C(=O)OC5[C@H]3C(C)(C)C)[C@@]12O. The third-order valence-corrected chi connectivity index (χ3v) is 8.98. The maximum absolute atomic E-state index is 13.4. The van der Waals surface area contributed by atoms with Crippen LogP contribution < -0.4 is 0 Å². The van der Waals surface area contributed by atoms with E-state index in [1.807, 2.05) is 0 Å². The Bertz CT molecular complexity index is 957. The number of carbonyl (C=O) groups is 3. The molecule has 2 aliphatic carbocycles. The first-order valence-electron chi connectivity index (χ1n) is 10.3. The van der Waals surface area contributed by atoms with Gasteiger partial charge in [-0.25, -0.2) is 9.59 Å². The molecule has 0 aromatic rings. The van der Waals surface area contributed by atoms with Crippen LogP contribution in [-0.2, 0) is 33.3 Å². The molecule has 12 atom stereocenters. The number of rotatable bonds is 0. The molecule has 6 aliphatic rings. The number of aliphatic hydroxyl groups is 4. The molecule has 6 fully saturated rings. The van der Waals surface area contributed by atoms with Gasteiger partial charge in [0.2, 0.25) is 5.60 Å². The number of hydrogen-bond donors (Lipinski definition) is 4. The first-order valence-corrected chi connectivity index (χ1v) is 10.3. The molecule has 0 amide bonds. The van der Waals surface area contributed by atoms with E-state index in [9.17, 15) is 34.8 Å². The molecule has 4 heterocycles. The average molecular weight is 440 g/mol. The first-order chi connectivity index (χ1) is 14.3. The fourth-order valence-corrected chi connectivity index (χ4v) is 8.29. The molecule has 4 N–H and O–H groups in total. The Morgan fingerprint density at radius 1 is 0.935 bits per heavy atom. The van der Waals surface area contributed by atoms with Gasteiger partial charge in [0.15, 0.2) is 30.2 Å². The molecular weight excluding hydrogens is 416 g/mol. The van der Waals surface area contributed by atoms with Crippen molar-refractivity contribution in [2.45, 2.75) is 75.7 Å². The summed E-state index contributed by atoms with van der Waals surface area (Å²) in [5.41, 5.74) is -9.55. The lowest BCUT2D eigenvalue weighted by Crippen LogP contribution is -2.68.